The Hall–Kier alpha value is -3.68. The smallest absolute Gasteiger partial charge is 0.274 e. The average molecular weight is 432 g/mol. The van der Waals surface area contributed by atoms with Crippen LogP contribution >= 0.6 is 0 Å². The van der Waals surface area contributed by atoms with Crippen molar-refractivity contribution in [1.82, 2.24) is 14.8 Å². The largest absolute Gasteiger partial charge is 0.398 e. The number of aryl methyl sites for hydroxylation is 2. The van der Waals surface area contributed by atoms with Gasteiger partial charge in [-0.25, -0.2) is 4.98 Å². The van der Waals surface area contributed by atoms with Crippen molar-refractivity contribution in [3.63, 3.8) is 0 Å². The lowest BCUT2D eigenvalue weighted by atomic mass is 10.1. The molecular weight excluding hydrogens is 402 g/mol. The third kappa shape index (κ3) is 4.49. The van der Waals surface area contributed by atoms with Gasteiger partial charge in [0, 0.05) is 56.4 Å². The number of nitrogens with two attached hydrogens (primary N) is 1. The van der Waals surface area contributed by atoms with Gasteiger partial charge in [0.2, 0.25) is 0 Å². The Morgan fingerprint density at radius 2 is 2.00 bits per heavy atom. The minimum absolute atomic E-state index is 0.266. The highest BCUT2D eigenvalue weighted by molar-refractivity contribution is 6.06. The number of amides is 1. The molecule has 1 aliphatic heterocycles. The van der Waals surface area contributed by atoms with Gasteiger partial charge in [-0.15, -0.1) is 0 Å². The second kappa shape index (κ2) is 9.21. The Kier molecular flexibility index (Phi) is 6.20. The van der Waals surface area contributed by atoms with Crippen LogP contribution < -0.4 is 16.0 Å². The number of aromatic nitrogens is 3. The van der Waals surface area contributed by atoms with Gasteiger partial charge in [-0.2, -0.15) is 5.10 Å². The van der Waals surface area contributed by atoms with E-state index in [1.807, 2.05) is 38.4 Å². The minimum atomic E-state index is -0.266. The maximum absolute atomic E-state index is 13.2. The average Bonchev–Trinajstić information content (AvgIpc) is 3.22. The van der Waals surface area contributed by atoms with E-state index in [9.17, 15) is 4.79 Å². The Morgan fingerprint density at radius 3 is 2.69 bits per heavy atom. The molecule has 1 fully saturated rings. The molecule has 0 atom stereocenters. The summed E-state index contributed by atoms with van der Waals surface area (Å²) in [7, 11) is 3.56. The molecule has 0 radical (unpaired) electrons. The summed E-state index contributed by atoms with van der Waals surface area (Å²) >= 11 is 0. The lowest BCUT2D eigenvalue weighted by molar-refractivity contribution is 0.102. The lowest BCUT2D eigenvalue weighted by Crippen LogP contribution is -2.30. The standard InChI is InChI=1S/C24H29N7O/c1-16-7-8-20(28-23(16)18-14-27-30(3)15-18)24(32)29-21-11-17(13-26-2)19(25)12-22(21)31-9-5-4-6-10-31/h7-8,11-15H,4-6,9-10,25H2,1-3H3,(H,29,32). The van der Waals surface area contributed by atoms with Crippen LogP contribution in [0.5, 0.6) is 0 Å². The van der Waals surface area contributed by atoms with E-state index in [1.165, 1.54) is 6.42 Å². The molecule has 32 heavy (non-hydrogen) atoms. The highest BCUT2D eigenvalue weighted by Gasteiger charge is 2.19. The first-order valence-corrected chi connectivity index (χ1v) is 10.8. The lowest BCUT2D eigenvalue weighted by Gasteiger charge is -2.31. The van der Waals surface area contributed by atoms with Gasteiger partial charge >= 0.3 is 0 Å². The molecular formula is C24H29N7O. The third-order valence-corrected chi connectivity index (χ3v) is 5.72. The number of hydrogen-bond acceptors (Lipinski definition) is 6. The highest BCUT2D eigenvalue weighted by Crippen LogP contribution is 2.33. The number of pyridine rings is 1. The van der Waals surface area contributed by atoms with Gasteiger partial charge in [-0.05, 0) is 49.9 Å². The second-order valence-electron chi connectivity index (χ2n) is 8.15. The van der Waals surface area contributed by atoms with Crippen molar-refractivity contribution in [2.45, 2.75) is 26.2 Å². The molecule has 0 spiro atoms. The maximum Gasteiger partial charge on any atom is 0.274 e. The number of benzene rings is 1. The van der Waals surface area contributed by atoms with E-state index in [0.29, 0.717) is 17.1 Å². The molecule has 0 aliphatic carbocycles. The molecule has 4 rings (SSSR count). The van der Waals surface area contributed by atoms with Gasteiger partial charge in [-0.1, -0.05) is 6.07 Å². The number of carbonyl (C=O) groups is 1. The van der Waals surface area contributed by atoms with Gasteiger partial charge in [0.15, 0.2) is 0 Å². The number of aliphatic imine (C=N–C) groups is 1. The van der Waals surface area contributed by atoms with Crippen LogP contribution in [0.3, 0.4) is 0 Å². The first kappa shape index (κ1) is 21.5. The predicted molar refractivity (Wildman–Crippen MR) is 130 cm³/mol. The summed E-state index contributed by atoms with van der Waals surface area (Å²) in [5.74, 6) is -0.266. The fourth-order valence-electron chi connectivity index (χ4n) is 4.05. The molecule has 8 heteroatoms. The van der Waals surface area contributed by atoms with Crippen molar-refractivity contribution in [2.75, 3.05) is 36.1 Å². The molecule has 3 heterocycles. The van der Waals surface area contributed by atoms with Crippen molar-refractivity contribution in [3.05, 3.63) is 53.5 Å². The molecule has 0 bridgehead atoms. The SMILES string of the molecule is CN=Cc1cc(NC(=O)c2ccc(C)c(-c3cnn(C)c3)n2)c(N2CCCCC2)cc1N. The normalized spacial score (nSPS) is 14.2. The molecule has 0 unspecified atom stereocenters. The first-order chi connectivity index (χ1) is 15.5. The van der Waals surface area contributed by atoms with E-state index in [2.05, 4.69) is 25.3 Å². The van der Waals surface area contributed by atoms with Crippen LogP contribution in [0, 0.1) is 6.92 Å². The topological polar surface area (TPSA) is 101 Å². The van der Waals surface area contributed by atoms with Crippen LogP contribution in [-0.2, 0) is 7.05 Å². The monoisotopic (exact) mass is 431 g/mol. The predicted octanol–water partition coefficient (Wildman–Crippen LogP) is 3.66. The van der Waals surface area contributed by atoms with E-state index in [1.54, 1.807) is 30.2 Å². The summed E-state index contributed by atoms with van der Waals surface area (Å²) in [4.78, 5) is 24.2. The molecule has 1 aliphatic rings. The Morgan fingerprint density at radius 1 is 1.22 bits per heavy atom. The zero-order valence-corrected chi connectivity index (χ0v) is 18.8. The molecule has 1 amide bonds. The van der Waals surface area contributed by atoms with Crippen molar-refractivity contribution < 1.29 is 4.79 Å². The van der Waals surface area contributed by atoms with Crippen LogP contribution in [-0.4, -0.2) is 47.0 Å². The fourth-order valence-corrected chi connectivity index (χ4v) is 4.05. The number of nitrogens with zero attached hydrogens (tertiary/aromatic N) is 5. The summed E-state index contributed by atoms with van der Waals surface area (Å²) in [5, 5.41) is 7.29. The van der Waals surface area contributed by atoms with Gasteiger partial charge in [0.25, 0.3) is 5.91 Å². The van der Waals surface area contributed by atoms with Gasteiger partial charge in [0.1, 0.15) is 5.69 Å². The number of carbonyl (C=O) groups excluding carboxylic acids is 1. The zero-order valence-electron chi connectivity index (χ0n) is 18.8. The van der Waals surface area contributed by atoms with Crippen LogP contribution in [0.1, 0.15) is 40.9 Å². The Balaban J connectivity index is 1.68. The molecule has 3 aromatic rings. The summed E-state index contributed by atoms with van der Waals surface area (Å²) in [5.41, 5.74) is 12.3. The minimum Gasteiger partial charge on any atom is -0.398 e. The van der Waals surface area contributed by atoms with Crippen LogP contribution in [0.2, 0.25) is 0 Å². The van der Waals surface area contributed by atoms with E-state index in [0.717, 1.165) is 54.0 Å². The number of nitrogen functional groups attached to an aromatic ring is 1. The van der Waals surface area contributed by atoms with Crippen LogP contribution in [0.15, 0.2) is 41.7 Å². The summed E-state index contributed by atoms with van der Waals surface area (Å²) in [6, 6.07) is 7.48. The Bertz CT molecular complexity index is 1160. The quantitative estimate of drug-likeness (QED) is 0.474. The number of piperidine rings is 1. The zero-order chi connectivity index (χ0) is 22.7. The summed E-state index contributed by atoms with van der Waals surface area (Å²) < 4.78 is 1.72. The Labute approximate surface area is 188 Å². The third-order valence-electron chi connectivity index (χ3n) is 5.72. The van der Waals surface area contributed by atoms with Crippen LogP contribution in [0.25, 0.3) is 11.3 Å². The number of nitrogens with one attached hydrogen (secondary N) is 1. The summed E-state index contributed by atoms with van der Waals surface area (Å²) in [6.07, 6.45) is 8.82. The van der Waals surface area contributed by atoms with E-state index in [-0.39, 0.29) is 5.91 Å². The molecule has 1 aromatic carbocycles. The fraction of sp³-hybridized carbons (Fsp3) is 0.333. The van der Waals surface area contributed by atoms with Gasteiger partial charge in [-0.3, -0.25) is 14.5 Å². The van der Waals surface area contributed by atoms with Gasteiger partial charge < -0.3 is 16.0 Å². The summed E-state index contributed by atoms with van der Waals surface area (Å²) in [6.45, 7) is 3.86. The molecule has 8 nitrogen and oxygen atoms in total. The first-order valence-electron chi connectivity index (χ1n) is 10.8. The van der Waals surface area contributed by atoms with E-state index < -0.39 is 0 Å². The van der Waals surface area contributed by atoms with E-state index in [4.69, 9.17) is 5.73 Å². The number of anilines is 3. The molecule has 166 valence electrons. The molecule has 2 aromatic heterocycles. The van der Waals surface area contributed by atoms with Crippen molar-refractivity contribution in [3.8, 4) is 11.3 Å². The van der Waals surface area contributed by atoms with Crippen molar-refractivity contribution in [1.29, 1.82) is 0 Å². The number of hydrogen-bond donors (Lipinski definition) is 2. The molecule has 1 saturated heterocycles. The second-order valence-corrected chi connectivity index (χ2v) is 8.15. The van der Waals surface area contributed by atoms with Crippen LogP contribution in [0.4, 0.5) is 17.1 Å². The van der Waals surface area contributed by atoms with E-state index >= 15 is 0 Å². The maximum atomic E-state index is 13.2. The highest BCUT2D eigenvalue weighted by atomic mass is 16.1. The van der Waals surface area contributed by atoms with Crippen molar-refractivity contribution in [2.24, 2.45) is 12.0 Å². The van der Waals surface area contributed by atoms with Gasteiger partial charge in [0.05, 0.1) is 23.3 Å². The molecule has 0 saturated carbocycles. The molecule has 3 N–H and O–H groups in total. The number of rotatable bonds is 5. The van der Waals surface area contributed by atoms with Crippen molar-refractivity contribution >= 4 is 29.2 Å².